The fraction of sp³-hybridized carbons (Fsp3) is 1.00. The highest BCUT2D eigenvalue weighted by Crippen LogP contribution is 2.09. The van der Waals surface area contributed by atoms with Crippen molar-refractivity contribution >= 4 is 26.9 Å². The molecule has 1 unspecified atom stereocenters. The lowest BCUT2D eigenvalue weighted by atomic mass is 10.4. The van der Waals surface area contributed by atoms with E-state index in [0.29, 0.717) is 6.42 Å². The van der Waals surface area contributed by atoms with Gasteiger partial charge in [-0.3, -0.25) is 4.55 Å². The Morgan fingerprint density at radius 1 is 1.23 bits per heavy atom. The second kappa shape index (κ2) is 4.49. The molecule has 0 fully saturated rings. The molecule has 0 aliphatic carbocycles. The summed E-state index contributed by atoms with van der Waals surface area (Å²) in [4.78, 5) is 0. The normalized spacial score (nSPS) is 15.5. The van der Waals surface area contributed by atoms with E-state index >= 15 is 0 Å². The van der Waals surface area contributed by atoms with E-state index in [0.717, 1.165) is 0 Å². The molecule has 0 rings (SSSR count). The zero-order valence-corrected chi connectivity index (χ0v) is 9.28. The van der Waals surface area contributed by atoms with Crippen LogP contribution in [0.15, 0.2) is 0 Å². The van der Waals surface area contributed by atoms with Crippen LogP contribution in [0.5, 0.6) is 0 Å². The Balaban J connectivity index is 4.97. The average molecular weight is 250 g/mol. The lowest BCUT2D eigenvalue weighted by Gasteiger charge is -2.00. The summed E-state index contributed by atoms with van der Waals surface area (Å²) in [7, 11) is -12.8. The highest BCUT2D eigenvalue weighted by atomic mass is 33.6. The first-order chi connectivity index (χ1) is 5.75. The summed E-state index contributed by atoms with van der Waals surface area (Å²) in [5.41, 5.74) is 0. The van der Waals surface area contributed by atoms with Crippen LogP contribution in [0.25, 0.3) is 0 Å². The highest BCUT2D eigenvalue weighted by Gasteiger charge is 2.34. The number of hydrogen-bond acceptors (Lipinski definition) is 5. The Labute approximate surface area is 78.3 Å². The zero-order valence-electron chi connectivity index (χ0n) is 6.83. The fourth-order valence-corrected chi connectivity index (χ4v) is 5.24. The van der Waals surface area contributed by atoms with Crippen LogP contribution in [-0.4, -0.2) is 31.4 Å². The molecule has 0 heterocycles. The average Bonchev–Trinajstić information content (AvgIpc) is 2.00. The molecule has 0 spiro atoms. The third-order valence-corrected chi connectivity index (χ3v) is 9.32. The van der Waals surface area contributed by atoms with E-state index in [1.807, 2.05) is 0 Å². The number of hydrogen-bond donors (Lipinski definition) is 1. The number of rotatable bonds is 5. The molecule has 0 aromatic carbocycles. The molecule has 0 aromatic rings. The summed E-state index contributed by atoms with van der Waals surface area (Å²) in [6, 6.07) is 0. The predicted octanol–water partition coefficient (Wildman–Crippen LogP) is -0.332. The third-order valence-electron chi connectivity index (χ3n) is 1.23. The van der Waals surface area contributed by atoms with Gasteiger partial charge in [-0.15, -0.1) is 0 Å². The lowest BCUT2D eigenvalue weighted by Crippen LogP contribution is -2.22. The van der Waals surface area contributed by atoms with Crippen molar-refractivity contribution in [3.63, 3.8) is 0 Å². The van der Waals surface area contributed by atoms with E-state index in [1.165, 1.54) is 0 Å². The summed E-state index contributed by atoms with van der Waals surface area (Å²) in [5.74, 6) is -0.613. The van der Waals surface area contributed by atoms with Crippen molar-refractivity contribution in [2.45, 2.75) is 19.8 Å². The minimum Gasteiger partial charge on any atom is -0.293 e. The van der Waals surface area contributed by atoms with Gasteiger partial charge in [0.1, 0.15) is 0 Å². The van der Waals surface area contributed by atoms with Gasteiger partial charge in [-0.1, -0.05) is 13.3 Å². The summed E-state index contributed by atoms with van der Waals surface area (Å²) < 4.78 is 61.7. The highest BCUT2D eigenvalue weighted by molar-refractivity contribution is 8.96. The molecule has 0 aliphatic rings. The molecule has 80 valence electrons. The van der Waals surface area contributed by atoms with E-state index in [9.17, 15) is 21.0 Å². The molecule has 0 saturated heterocycles. The van der Waals surface area contributed by atoms with Crippen molar-refractivity contribution in [2.24, 2.45) is 0 Å². The molecule has 1 N–H and O–H groups in total. The van der Waals surface area contributed by atoms with Gasteiger partial charge in [-0.05, 0) is 6.42 Å². The van der Waals surface area contributed by atoms with Crippen molar-refractivity contribution in [1.82, 2.24) is 0 Å². The molecule has 0 saturated carbocycles. The van der Waals surface area contributed by atoms with Crippen LogP contribution in [0.4, 0.5) is 0 Å². The van der Waals surface area contributed by atoms with E-state index in [4.69, 9.17) is 4.55 Å². The number of unbranched alkanes of at least 4 members (excludes halogenated alkanes) is 1. The van der Waals surface area contributed by atoms with Gasteiger partial charge >= 0.3 is 7.90 Å². The predicted molar refractivity (Wildman–Crippen MR) is 48.4 cm³/mol. The second-order valence-corrected chi connectivity index (χ2v) is 10.7. The van der Waals surface area contributed by atoms with Gasteiger partial charge in [0, 0.05) is 0 Å². The maximum Gasteiger partial charge on any atom is 0.358 e. The van der Waals surface area contributed by atoms with E-state index in [2.05, 4.69) is 0 Å². The summed E-state index contributed by atoms with van der Waals surface area (Å²) >= 11 is 0. The van der Waals surface area contributed by atoms with Crippen LogP contribution >= 0.6 is 0 Å². The smallest absolute Gasteiger partial charge is 0.293 e. The molecule has 0 radical (unpaired) electrons. The summed E-state index contributed by atoms with van der Waals surface area (Å²) in [6.45, 7) is 1.68. The molecule has 0 aliphatic heterocycles. The zero-order chi connectivity index (χ0) is 10.7. The van der Waals surface area contributed by atoms with Crippen LogP contribution < -0.4 is 0 Å². The van der Waals surface area contributed by atoms with Crippen molar-refractivity contribution in [3.05, 3.63) is 0 Å². The van der Waals surface area contributed by atoms with Gasteiger partial charge < -0.3 is 0 Å². The molecule has 1 atom stereocenters. The largest absolute Gasteiger partial charge is 0.358 e. The minimum atomic E-state index is -4.95. The molecule has 0 amide bonds. The van der Waals surface area contributed by atoms with Gasteiger partial charge in [0.25, 0.3) is 19.0 Å². The van der Waals surface area contributed by atoms with Crippen LogP contribution in [0.2, 0.25) is 0 Å². The van der Waals surface area contributed by atoms with Crippen molar-refractivity contribution in [2.75, 3.05) is 5.75 Å². The van der Waals surface area contributed by atoms with Crippen LogP contribution in [0.3, 0.4) is 0 Å². The minimum absolute atomic E-state index is 0.152. The standard InChI is InChI=1S/C4H10O6S3/c1-2-3-4-12(7,8)13(9,10)11(5)6/h2-4H2,1H3,(H,5,6). The quantitative estimate of drug-likeness (QED) is 0.529. The summed E-state index contributed by atoms with van der Waals surface area (Å²) in [5, 5.41) is 0. The molecule has 9 heteroatoms. The van der Waals surface area contributed by atoms with Crippen LogP contribution in [0, 0.1) is 0 Å². The molecule has 0 aromatic heterocycles. The fourth-order valence-electron chi connectivity index (χ4n) is 0.512. The Morgan fingerprint density at radius 2 is 1.69 bits per heavy atom. The Hall–Kier alpha value is 0.01000. The van der Waals surface area contributed by atoms with Crippen molar-refractivity contribution < 1.29 is 25.6 Å². The monoisotopic (exact) mass is 250 g/mol. The Bertz CT molecular complexity index is 376. The molecule has 6 nitrogen and oxygen atoms in total. The van der Waals surface area contributed by atoms with Gasteiger partial charge in [0.2, 0.25) is 0 Å². The van der Waals surface area contributed by atoms with Gasteiger partial charge in [-0.2, -0.15) is 8.42 Å². The molecule has 13 heavy (non-hydrogen) atoms. The first-order valence-electron chi connectivity index (χ1n) is 3.35. The topological polar surface area (TPSA) is 106 Å². The lowest BCUT2D eigenvalue weighted by molar-refractivity contribution is 0.562. The van der Waals surface area contributed by atoms with Crippen molar-refractivity contribution in [1.29, 1.82) is 0 Å². The third kappa shape index (κ3) is 3.01. The first kappa shape index (κ1) is 13.0. The Morgan fingerprint density at radius 3 is 2.00 bits per heavy atom. The summed E-state index contributed by atoms with van der Waals surface area (Å²) in [6.07, 6.45) is 0.644. The second-order valence-electron chi connectivity index (χ2n) is 2.24. The molecule has 0 bridgehead atoms. The first-order valence-corrected chi connectivity index (χ1v) is 8.62. The van der Waals surface area contributed by atoms with Gasteiger partial charge in [-0.25, -0.2) is 12.6 Å². The molecular weight excluding hydrogens is 240 g/mol. The van der Waals surface area contributed by atoms with Crippen molar-refractivity contribution in [3.8, 4) is 0 Å². The SMILES string of the molecule is CCCCS(=O)(=O)S(=O)(=O)S(=O)O. The van der Waals surface area contributed by atoms with Crippen LogP contribution in [-0.2, 0) is 26.9 Å². The van der Waals surface area contributed by atoms with Crippen LogP contribution in [0.1, 0.15) is 19.8 Å². The van der Waals surface area contributed by atoms with E-state index in [-0.39, 0.29) is 6.42 Å². The van der Waals surface area contributed by atoms with Gasteiger partial charge in [0.15, 0.2) is 0 Å². The maximum absolute atomic E-state index is 10.9. The Kier molecular flexibility index (Phi) is 4.49. The molecular formula is C4H10O6S3. The van der Waals surface area contributed by atoms with Gasteiger partial charge in [0.05, 0.1) is 5.75 Å². The van der Waals surface area contributed by atoms with E-state index < -0.39 is 32.6 Å². The maximum atomic E-state index is 10.9. The van der Waals surface area contributed by atoms with E-state index in [1.54, 1.807) is 6.92 Å².